The minimum Gasteiger partial charge on any atom is -0.491 e. The summed E-state index contributed by atoms with van der Waals surface area (Å²) in [4.78, 5) is 17.4. The van der Waals surface area contributed by atoms with E-state index in [1.54, 1.807) is 23.5 Å². The van der Waals surface area contributed by atoms with Crippen LogP contribution in [0.1, 0.15) is 24.2 Å². The fourth-order valence-electron chi connectivity index (χ4n) is 3.04. The number of thiazole rings is 1. The lowest BCUT2D eigenvalue weighted by Gasteiger charge is -2.10. The number of carbonyl (C=O) groups excluding carboxylic acids is 1. The standard InChI is InChI=1S/C25H22N2O2S/c1-17(2)29-22-13-11-18(12-14-22)24(28)26-21-10-6-9-20(15-21)23-16-30-25(27-23)19-7-4-3-5-8-19/h3-17H,1-2H3,(H,26,28). The van der Waals surface area contributed by atoms with Gasteiger partial charge in [-0.3, -0.25) is 4.79 Å². The molecule has 4 aromatic rings. The normalized spacial score (nSPS) is 10.8. The van der Waals surface area contributed by atoms with Crippen LogP contribution in [0, 0.1) is 0 Å². The Bertz CT molecular complexity index is 1140. The van der Waals surface area contributed by atoms with Gasteiger partial charge >= 0.3 is 0 Å². The van der Waals surface area contributed by atoms with Gasteiger partial charge in [-0.15, -0.1) is 11.3 Å². The summed E-state index contributed by atoms with van der Waals surface area (Å²) in [6, 6.07) is 25.0. The number of nitrogens with one attached hydrogen (secondary N) is 1. The Balaban J connectivity index is 1.48. The van der Waals surface area contributed by atoms with Crippen molar-refractivity contribution in [1.82, 2.24) is 4.98 Å². The van der Waals surface area contributed by atoms with E-state index in [2.05, 4.69) is 17.4 Å². The van der Waals surface area contributed by atoms with E-state index in [-0.39, 0.29) is 12.0 Å². The summed E-state index contributed by atoms with van der Waals surface area (Å²) < 4.78 is 5.63. The van der Waals surface area contributed by atoms with Gasteiger partial charge in [0.25, 0.3) is 5.91 Å². The number of rotatable bonds is 6. The Morgan fingerprint density at radius 1 is 0.933 bits per heavy atom. The number of hydrogen-bond donors (Lipinski definition) is 1. The Kier molecular flexibility index (Phi) is 5.91. The zero-order chi connectivity index (χ0) is 20.9. The molecule has 1 amide bonds. The van der Waals surface area contributed by atoms with Crippen molar-refractivity contribution < 1.29 is 9.53 Å². The van der Waals surface area contributed by atoms with Crippen LogP contribution < -0.4 is 10.1 Å². The van der Waals surface area contributed by atoms with Crippen molar-refractivity contribution in [2.45, 2.75) is 20.0 Å². The lowest BCUT2D eigenvalue weighted by molar-refractivity contribution is 0.102. The van der Waals surface area contributed by atoms with E-state index in [9.17, 15) is 4.79 Å². The molecule has 4 rings (SSSR count). The molecule has 3 aromatic carbocycles. The van der Waals surface area contributed by atoms with Gasteiger partial charge in [0.2, 0.25) is 0 Å². The van der Waals surface area contributed by atoms with E-state index in [1.807, 2.05) is 73.8 Å². The van der Waals surface area contributed by atoms with E-state index >= 15 is 0 Å². The van der Waals surface area contributed by atoms with Gasteiger partial charge in [-0.25, -0.2) is 4.98 Å². The smallest absolute Gasteiger partial charge is 0.255 e. The molecule has 0 unspecified atom stereocenters. The van der Waals surface area contributed by atoms with E-state index < -0.39 is 0 Å². The Labute approximate surface area is 180 Å². The van der Waals surface area contributed by atoms with Gasteiger partial charge in [0.05, 0.1) is 11.8 Å². The summed E-state index contributed by atoms with van der Waals surface area (Å²) in [5, 5.41) is 5.98. The predicted octanol–water partition coefficient (Wildman–Crippen LogP) is 6.52. The summed E-state index contributed by atoms with van der Waals surface area (Å²) in [5.74, 6) is 0.591. The number of anilines is 1. The Morgan fingerprint density at radius 2 is 1.67 bits per heavy atom. The molecule has 0 saturated heterocycles. The first-order valence-corrected chi connectivity index (χ1v) is 10.7. The molecule has 4 nitrogen and oxygen atoms in total. The molecule has 150 valence electrons. The lowest BCUT2D eigenvalue weighted by Crippen LogP contribution is -2.12. The van der Waals surface area contributed by atoms with Crippen LogP contribution in [0.3, 0.4) is 0 Å². The second-order valence-electron chi connectivity index (χ2n) is 7.13. The zero-order valence-electron chi connectivity index (χ0n) is 16.8. The number of hydrogen-bond acceptors (Lipinski definition) is 4. The maximum atomic E-state index is 12.6. The maximum Gasteiger partial charge on any atom is 0.255 e. The molecule has 0 radical (unpaired) electrons. The molecular weight excluding hydrogens is 392 g/mol. The minimum atomic E-state index is -0.161. The largest absolute Gasteiger partial charge is 0.491 e. The van der Waals surface area contributed by atoms with Crippen LogP contribution in [-0.2, 0) is 0 Å². The quantitative estimate of drug-likeness (QED) is 0.391. The second-order valence-corrected chi connectivity index (χ2v) is 7.99. The van der Waals surface area contributed by atoms with Gasteiger partial charge < -0.3 is 10.1 Å². The molecule has 0 aliphatic rings. The van der Waals surface area contributed by atoms with E-state index in [4.69, 9.17) is 9.72 Å². The van der Waals surface area contributed by atoms with Crippen LogP contribution in [-0.4, -0.2) is 17.0 Å². The molecule has 0 bridgehead atoms. The van der Waals surface area contributed by atoms with Crippen LogP contribution >= 0.6 is 11.3 Å². The van der Waals surface area contributed by atoms with Gasteiger partial charge in [-0.05, 0) is 50.2 Å². The van der Waals surface area contributed by atoms with Gasteiger partial charge in [0, 0.05) is 27.8 Å². The second kappa shape index (κ2) is 8.93. The summed E-state index contributed by atoms with van der Waals surface area (Å²) in [7, 11) is 0. The first-order chi connectivity index (χ1) is 14.6. The van der Waals surface area contributed by atoms with Crippen molar-refractivity contribution in [2.75, 3.05) is 5.32 Å². The molecule has 1 aromatic heterocycles. The van der Waals surface area contributed by atoms with Crippen LogP contribution in [0.4, 0.5) is 5.69 Å². The molecule has 0 spiro atoms. The van der Waals surface area contributed by atoms with Gasteiger partial charge in [0.1, 0.15) is 10.8 Å². The van der Waals surface area contributed by atoms with Crippen LogP contribution in [0.15, 0.2) is 84.2 Å². The zero-order valence-corrected chi connectivity index (χ0v) is 17.6. The third-order valence-electron chi connectivity index (χ3n) is 4.43. The van der Waals surface area contributed by atoms with Crippen molar-refractivity contribution in [3.8, 4) is 27.6 Å². The third kappa shape index (κ3) is 4.75. The van der Waals surface area contributed by atoms with Gasteiger partial charge in [0.15, 0.2) is 0 Å². The van der Waals surface area contributed by atoms with Crippen LogP contribution in [0.25, 0.3) is 21.8 Å². The highest BCUT2D eigenvalue weighted by Gasteiger charge is 2.10. The van der Waals surface area contributed by atoms with Crippen molar-refractivity contribution in [3.05, 3.63) is 89.8 Å². The third-order valence-corrected chi connectivity index (χ3v) is 5.32. The van der Waals surface area contributed by atoms with Crippen molar-refractivity contribution in [1.29, 1.82) is 0 Å². The average molecular weight is 415 g/mol. The molecular formula is C25H22N2O2S. The van der Waals surface area contributed by atoms with Crippen molar-refractivity contribution in [3.63, 3.8) is 0 Å². The SMILES string of the molecule is CC(C)Oc1ccc(C(=O)Nc2cccc(-c3csc(-c4ccccc4)n3)c2)cc1. The topological polar surface area (TPSA) is 51.2 Å². The molecule has 5 heteroatoms. The number of nitrogens with zero attached hydrogens (tertiary/aromatic N) is 1. The molecule has 1 heterocycles. The molecule has 0 aliphatic heterocycles. The molecule has 0 aliphatic carbocycles. The van der Waals surface area contributed by atoms with E-state index in [0.29, 0.717) is 5.56 Å². The summed E-state index contributed by atoms with van der Waals surface area (Å²) in [6.45, 7) is 3.94. The maximum absolute atomic E-state index is 12.6. The highest BCUT2D eigenvalue weighted by Crippen LogP contribution is 2.30. The number of ether oxygens (including phenoxy) is 1. The first kappa shape index (κ1) is 19.9. The summed E-state index contributed by atoms with van der Waals surface area (Å²) in [5.41, 5.74) is 4.27. The molecule has 30 heavy (non-hydrogen) atoms. The number of carbonyl (C=O) groups is 1. The Morgan fingerprint density at radius 3 is 2.40 bits per heavy atom. The highest BCUT2D eigenvalue weighted by atomic mass is 32.1. The number of benzene rings is 3. The summed E-state index contributed by atoms with van der Waals surface area (Å²) in [6.07, 6.45) is 0.0977. The molecule has 0 saturated carbocycles. The highest BCUT2D eigenvalue weighted by molar-refractivity contribution is 7.13. The number of aromatic nitrogens is 1. The number of amides is 1. The van der Waals surface area contributed by atoms with Crippen LogP contribution in [0.5, 0.6) is 5.75 Å². The predicted molar refractivity (Wildman–Crippen MR) is 123 cm³/mol. The molecule has 0 atom stereocenters. The Hall–Kier alpha value is -3.44. The van der Waals surface area contributed by atoms with E-state index in [0.717, 1.165) is 33.3 Å². The van der Waals surface area contributed by atoms with Gasteiger partial charge in [-0.1, -0.05) is 42.5 Å². The van der Waals surface area contributed by atoms with Crippen molar-refractivity contribution >= 4 is 22.9 Å². The van der Waals surface area contributed by atoms with E-state index in [1.165, 1.54) is 0 Å². The monoisotopic (exact) mass is 414 g/mol. The first-order valence-electron chi connectivity index (χ1n) is 9.78. The average Bonchev–Trinajstić information content (AvgIpc) is 3.25. The fourth-order valence-corrected chi connectivity index (χ4v) is 3.87. The van der Waals surface area contributed by atoms with Crippen molar-refractivity contribution in [2.24, 2.45) is 0 Å². The summed E-state index contributed by atoms with van der Waals surface area (Å²) >= 11 is 1.61. The fraction of sp³-hybridized carbons (Fsp3) is 0.120. The molecule has 0 fully saturated rings. The minimum absolute atomic E-state index is 0.0977. The van der Waals surface area contributed by atoms with Crippen LogP contribution in [0.2, 0.25) is 0 Å². The lowest BCUT2D eigenvalue weighted by atomic mass is 10.1. The van der Waals surface area contributed by atoms with Gasteiger partial charge in [-0.2, -0.15) is 0 Å². The molecule has 1 N–H and O–H groups in total.